The summed E-state index contributed by atoms with van der Waals surface area (Å²) in [5.74, 6) is 1.26. The van der Waals surface area contributed by atoms with Crippen LogP contribution in [0, 0.1) is 0 Å². The molecule has 32 heavy (non-hydrogen) atoms. The molecule has 0 atom stereocenters. The van der Waals surface area contributed by atoms with Crippen LogP contribution in [0.25, 0.3) is 0 Å². The number of esters is 1. The Bertz CT molecular complexity index is 954. The molecule has 2 heterocycles. The molecule has 172 valence electrons. The van der Waals surface area contributed by atoms with E-state index in [0.717, 1.165) is 18.8 Å². The number of carbonyl (C=O) groups is 2. The van der Waals surface area contributed by atoms with Crippen molar-refractivity contribution in [2.75, 3.05) is 57.2 Å². The maximum Gasteiger partial charge on any atom is 0.339 e. The van der Waals surface area contributed by atoms with Gasteiger partial charge in [0.05, 0.1) is 37.1 Å². The van der Waals surface area contributed by atoms with Gasteiger partial charge in [-0.05, 0) is 25.5 Å². The Balaban J connectivity index is 1.64. The lowest BCUT2D eigenvalue weighted by molar-refractivity contribution is 0.0526. The van der Waals surface area contributed by atoms with Crippen LogP contribution in [0.15, 0.2) is 30.5 Å². The molecule has 1 aliphatic rings. The predicted molar refractivity (Wildman–Crippen MR) is 122 cm³/mol. The van der Waals surface area contributed by atoms with Crippen LogP contribution in [0.3, 0.4) is 0 Å². The largest absolute Gasteiger partial charge is 0.495 e. The maximum absolute atomic E-state index is 12.9. The fourth-order valence-electron chi connectivity index (χ4n) is 3.41. The molecule has 0 unspecified atom stereocenters. The van der Waals surface area contributed by atoms with Crippen molar-refractivity contribution in [1.29, 1.82) is 0 Å². The summed E-state index contributed by atoms with van der Waals surface area (Å²) in [6.07, 6.45) is 2.29. The Morgan fingerprint density at radius 2 is 1.88 bits per heavy atom. The SMILES string of the molecule is CCOC(=O)c1ccc(N2CCCN(C(=O)Nc3cc(OC)c(Cl)cc3OC)CC2)nc1. The molecule has 3 rings (SSSR count). The van der Waals surface area contributed by atoms with E-state index in [2.05, 4.69) is 15.2 Å². The third-order valence-electron chi connectivity index (χ3n) is 5.08. The van der Waals surface area contributed by atoms with Gasteiger partial charge in [0.25, 0.3) is 0 Å². The molecule has 0 saturated carbocycles. The van der Waals surface area contributed by atoms with Crippen LogP contribution in [0.2, 0.25) is 5.02 Å². The lowest BCUT2D eigenvalue weighted by Crippen LogP contribution is -2.38. The monoisotopic (exact) mass is 462 g/mol. The summed E-state index contributed by atoms with van der Waals surface area (Å²) < 4.78 is 15.6. The second kappa shape index (κ2) is 10.9. The summed E-state index contributed by atoms with van der Waals surface area (Å²) in [4.78, 5) is 32.9. The first kappa shape index (κ1) is 23.5. The molecule has 9 nitrogen and oxygen atoms in total. The van der Waals surface area contributed by atoms with Crippen molar-refractivity contribution in [3.8, 4) is 11.5 Å². The summed E-state index contributed by atoms with van der Waals surface area (Å²) in [6, 6.07) is 6.51. The van der Waals surface area contributed by atoms with Crippen molar-refractivity contribution in [3.05, 3.63) is 41.0 Å². The topological polar surface area (TPSA) is 93.2 Å². The van der Waals surface area contributed by atoms with E-state index in [0.29, 0.717) is 54.0 Å². The Morgan fingerprint density at radius 3 is 2.53 bits per heavy atom. The first-order valence-corrected chi connectivity index (χ1v) is 10.7. The normalized spacial score (nSPS) is 13.9. The minimum absolute atomic E-state index is 0.236. The number of amides is 2. The third kappa shape index (κ3) is 5.53. The standard InChI is InChI=1S/C22H27ClN4O5/c1-4-32-21(28)15-6-7-20(24-14-15)26-8-5-9-27(11-10-26)22(29)25-17-13-18(30-2)16(23)12-19(17)31-3/h6-7,12-14H,4-5,8-11H2,1-3H3,(H,25,29). The van der Waals surface area contributed by atoms with E-state index in [1.165, 1.54) is 20.4 Å². The smallest absolute Gasteiger partial charge is 0.339 e. The van der Waals surface area contributed by atoms with Gasteiger partial charge in [-0.15, -0.1) is 0 Å². The second-order valence-electron chi connectivity index (χ2n) is 7.07. The molecule has 1 fully saturated rings. The Hall–Kier alpha value is -3.20. The van der Waals surface area contributed by atoms with Gasteiger partial charge in [0.1, 0.15) is 17.3 Å². The molecular weight excluding hydrogens is 436 g/mol. The number of urea groups is 1. The maximum atomic E-state index is 12.9. The first-order chi connectivity index (χ1) is 15.5. The average molecular weight is 463 g/mol. The number of ether oxygens (including phenoxy) is 3. The summed E-state index contributed by atoms with van der Waals surface area (Å²) in [7, 11) is 3.02. The quantitative estimate of drug-likeness (QED) is 0.654. The number of hydrogen-bond acceptors (Lipinski definition) is 7. The van der Waals surface area contributed by atoms with Crippen molar-refractivity contribution in [2.45, 2.75) is 13.3 Å². The highest BCUT2D eigenvalue weighted by atomic mass is 35.5. The summed E-state index contributed by atoms with van der Waals surface area (Å²) in [5.41, 5.74) is 0.898. The zero-order valence-corrected chi connectivity index (χ0v) is 19.1. The van der Waals surface area contributed by atoms with E-state index < -0.39 is 0 Å². The van der Waals surface area contributed by atoms with Crippen molar-refractivity contribution in [3.63, 3.8) is 0 Å². The van der Waals surface area contributed by atoms with E-state index in [-0.39, 0.29) is 12.0 Å². The number of halogens is 1. The average Bonchev–Trinajstić information content (AvgIpc) is 3.06. The molecule has 0 bridgehead atoms. The fraction of sp³-hybridized carbons (Fsp3) is 0.409. The Kier molecular flexibility index (Phi) is 7.99. The molecule has 1 saturated heterocycles. The first-order valence-electron chi connectivity index (χ1n) is 10.3. The van der Waals surface area contributed by atoms with Gasteiger partial charge in [0.15, 0.2) is 0 Å². The molecule has 10 heteroatoms. The number of nitrogens with one attached hydrogen (secondary N) is 1. The van der Waals surface area contributed by atoms with Crippen molar-refractivity contribution >= 4 is 35.1 Å². The van der Waals surface area contributed by atoms with Gasteiger partial charge in [0.2, 0.25) is 0 Å². The number of anilines is 2. The number of benzene rings is 1. The van der Waals surface area contributed by atoms with Gasteiger partial charge in [0, 0.05) is 44.5 Å². The van der Waals surface area contributed by atoms with Gasteiger partial charge in [-0.3, -0.25) is 0 Å². The van der Waals surface area contributed by atoms with Crippen LogP contribution in [0.1, 0.15) is 23.7 Å². The summed E-state index contributed by atoms with van der Waals surface area (Å²) in [5, 5.41) is 3.28. The number of hydrogen-bond donors (Lipinski definition) is 1. The summed E-state index contributed by atoms with van der Waals surface area (Å²) >= 11 is 6.14. The van der Waals surface area contributed by atoms with E-state index in [1.54, 1.807) is 36.1 Å². The molecule has 1 aliphatic heterocycles. The molecular formula is C22H27ClN4O5. The van der Waals surface area contributed by atoms with Crippen LogP contribution >= 0.6 is 11.6 Å². The molecule has 0 aliphatic carbocycles. The third-order valence-corrected chi connectivity index (χ3v) is 5.38. The highest BCUT2D eigenvalue weighted by molar-refractivity contribution is 6.32. The van der Waals surface area contributed by atoms with E-state index in [4.69, 9.17) is 25.8 Å². The van der Waals surface area contributed by atoms with E-state index in [1.807, 2.05) is 0 Å². The number of methoxy groups -OCH3 is 2. The fourth-order valence-corrected chi connectivity index (χ4v) is 3.64. The lowest BCUT2D eigenvalue weighted by atomic mass is 10.2. The zero-order chi connectivity index (χ0) is 23.1. The lowest BCUT2D eigenvalue weighted by Gasteiger charge is -2.23. The number of carbonyl (C=O) groups excluding carboxylic acids is 2. The number of rotatable bonds is 6. The van der Waals surface area contributed by atoms with Crippen LogP contribution in [-0.2, 0) is 4.74 Å². The van der Waals surface area contributed by atoms with E-state index >= 15 is 0 Å². The molecule has 0 radical (unpaired) electrons. The Labute approximate surface area is 192 Å². The molecule has 2 aromatic rings. The van der Waals surface area contributed by atoms with Gasteiger partial charge in [-0.2, -0.15) is 0 Å². The van der Waals surface area contributed by atoms with Crippen molar-refractivity contribution in [2.24, 2.45) is 0 Å². The van der Waals surface area contributed by atoms with Gasteiger partial charge < -0.3 is 29.3 Å². The van der Waals surface area contributed by atoms with Crippen LogP contribution < -0.4 is 19.7 Å². The molecule has 1 N–H and O–H groups in total. The number of nitrogens with zero attached hydrogens (tertiary/aromatic N) is 3. The molecule has 1 aromatic carbocycles. The van der Waals surface area contributed by atoms with Gasteiger partial charge in [-0.1, -0.05) is 11.6 Å². The number of pyridine rings is 1. The minimum atomic E-state index is -0.389. The van der Waals surface area contributed by atoms with Crippen LogP contribution in [0.4, 0.5) is 16.3 Å². The predicted octanol–water partition coefficient (Wildman–Crippen LogP) is 3.67. The van der Waals surface area contributed by atoms with Crippen molar-refractivity contribution < 1.29 is 23.8 Å². The molecule has 1 aromatic heterocycles. The molecule has 0 spiro atoms. The zero-order valence-electron chi connectivity index (χ0n) is 18.4. The van der Waals surface area contributed by atoms with E-state index in [9.17, 15) is 9.59 Å². The van der Waals surface area contributed by atoms with Crippen LogP contribution in [0.5, 0.6) is 11.5 Å². The highest BCUT2D eigenvalue weighted by Crippen LogP contribution is 2.36. The van der Waals surface area contributed by atoms with Crippen molar-refractivity contribution in [1.82, 2.24) is 9.88 Å². The highest BCUT2D eigenvalue weighted by Gasteiger charge is 2.22. The second-order valence-corrected chi connectivity index (χ2v) is 7.48. The Morgan fingerprint density at radius 1 is 1.09 bits per heavy atom. The van der Waals surface area contributed by atoms with Crippen LogP contribution in [-0.4, -0.2) is 68.9 Å². The van der Waals surface area contributed by atoms with Gasteiger partial charge >= 0.3 is 12.0 Å². The number of aromatic nitrogens is 1. The minimum Gasteiger partial charge on any atom is -0.495 e. The molecule has 2 amide bonds. The van der Waals surface area contributed by atoms with Gasteiger partial charge in [-0.25, -0.2) is 14.6 Å². The summed E-state index contributed by atoms with van der Waals surface area (Å²) in [6.45, 7) is 4.54.